The molecule has 1 unspecified atom stereocenters. The van der Waals surface area contributed by atoms with Crippen LogP contribution in [0.1, 0.15) is 32.4 Å². The molecule has 0 spiro atoms. The number of amides is 5. The molecule has 1 fully saturated rings. The summed E-state index contributed by atoms with van der Waals surface area (Å²) in [4.78, 5) is 34.6. The third-order valence-corrected chi connectivity index (χ3v) is 3.03. The summed E-state index contributed by atoms with van der Waals surface area (Å²) in [6.07, 6.45) is 0. The summed E-state index contributed by atoms with van der Waals surface area (Å²) in [6, 6.07) is 5.25. The SMILES string of the molecule is CC(C)(C)CNC(=O)Nc1cccc(C2NC(=O)NC2=O)c1. The van der Waals surface area contributed by atoms with Crippen LogP contribution in [0.4, 0.5) is 15.3 Å². The molecule has 1 heterocycles. The zero-order chi connectivity index (χ0) is 16.3. The molecule has 0 bridgehead atoms. The Morgan fingerprint density at radius 2 is 2.00 bits per heavy atom. The van der Waals surface area contributed by atoms with Crippen LogP contribution in [-0.4, -0.2) is 24.5 Å². The summed E-state index contributed by atoms with van der Waals surface area (Å²) in [5.41, 5.74) is 1.15. The molecule has 0 aromatic heterocycles. The minimum absolute atomic E-state index is 0.00853. The maximum atomic E-state index is 11.8. The largest absolute Gasteiger partial charge is 0.337 e. The second-order valence-electron chi connectivity index (χ2n) is 6.39. The van der Waals surface area contributed by atoms with E-state index in [1.807, 2.05) is 20.8 Å². The smallest absolute Gasteiger partial charge is 0.322 e. The average Bonchev–Trinajstić information content (AvgIpc) is 2.75. The van der Waals surface area contributed by atoms with Crippen molar-refractivity contribution in [2.45, 2.75) is 26.8 Å². The van der Waals surface area contributed by atoms with Gasteiger partial charge in [0.1, 0.15) is 6.04 Å². The Kier molecular flexibility index (Phi) is 4.35. The fraction of sp³-hybridized carbons (Fsp3) is 0.400. The van der Waals surface area contributed by atoms with Gasteiger partial charge in [0.15, 0.2) is 0 Å². The molecule has 1 aliphatic rings. The fourth-order valence-electron chi connectivity index (χ4n) is 1.97. The van der Waals surface area contributed by atoms with Gasteiger partial charge in [-0.1, -0.05) is 32.9 Å². The van der Waals surface area contributed by atoms with E-state index in [1.165, 1.54) is 0 Å². The van der Waals surface area contributed by atoms with E-state index in [0.29, 0.717) is 17.8 Å². The van der Waals surface area contributed by atoms with Crippen LogP contribution < -0.4 is 21.3 Å². The molecule has 0 saturated carbocycles. The Bertz CT molecular complexity index is 607. The number of anilines is 1. The lowest BCUT2D eigenvalue weighted by molar-refractivity contribution is -0.120. The fourth-order valence-corrected chi connectivity index (χ4v) is 1.97. The second kappa shape index (κ2) is 6.05. The lowest BCUT2D eigenvalue weighted by atomic mass is 9.97. The predicted octanol–water partition coefficient (Wildman–Crippen LogP) is 1.73. The molecule has 22 heavy (non-hydrogen) atoms. The summed E-state index contributed by atoms with van der Waals surface area (Å²) in [7, 11) is 0. The molecule has 1 saturated heterocycles. The Labute approximate surface area is 128 Å². The predicted molar refractivity (Wildman–Crippen MR) is 82.3 cm³/mol. The maximum Gasteiger partial charge on any atom is 0.322 e. The van der Waals surface area contributed by atoms with Gasteiger partial charge >= 0.3 is 12.1 Å². The third kappa shape index (κ3) is 4.21. The minimum Gasteiger partial charge on any atom is -0.337 e. The summed E-state index contributed by atoms with van der Waals surface area (Å²) in [6.45, 7) is 6.61. The van der Waals surface area contributed by atoms with Crippen molar-refractivity contribution < 1.29 is 14.4 Å². The maximum absolute atomic E-state index is 11.8. The Balaban J connectivity index is 2.01. The van der Waals surface area contributed by atoms with Crippen molar-refractivity contribution in [1.29, 1.82) is 0 Å². The topological polar surface area (TPSA) is 99.3 Å². The number of hydrogen-bond acceptors (Lipinski definition) is 3. The summed E-state index contributed by atoms with van der Waals surface area (Å²) >= 11 is 0. The van der Waals surface area contributed by atoms with E-state index in [9.17, 15) is 14.4 Å². The quantitative estimate of drug-likeness (QED) is 0.640. The van der Waals surface area contributed by atoms with Crippen molar-refractivity contribution >= 4 is 23.7 Å². The molecule has 1 atom stereocenters. The van der Waals surface area contributed by atoms with Crippen LogP contribution in [0.3, 0.4) is 0 Å². The van der Waals surface area contributed by atoms with E-state index >= 15 is 0 Å². The van der Waals surface area contributed by atoms with Crippen LogP contribution >= 0.6 is 0 Å². The van der Waals surface area contributed by atoms with Crippen molar-refractivity contribution in [2.24, 2.45) is 5.41 Å². The zero-order valence-corrected chi connectivity index (χ0v) is 12.8. The lowest BCUT2D eigenvalue weighted by Gasteiger charge is -2.19. The number of benzene rings is 1. The Hall–Kier alpha value is -2.57. The number of rotatable bonds is 3. The highest BCUT2D eigenvalue weighted by Crippen LogP contribution is 2.20. The van der Waals surface area contributed by atoms with Crippen LogP contribution in [0, 0.1) is 5.41 Å². The molecule has 7 nitrogen and oxygen atoms in total. The third-order valence-electron chi connectivity index (χ3n) is 3.03. The van der Waals surface area contributed by atoms with E-state index in [4.69, 9.17) is 0 Å². The first-order chi connectivity index (χ1) is 10.2. The highest BCUT2D eigenvalue weighted by Gasteiger charge is 2.30. The molecule has 1 aromatic rings. The molecule has 4 N–H and O–H groups in total. The van der Waals surface area contributed by atoms with E-state index in [0.717, 1.165) is 0 Å². The number of carbonyl (C=O) groups is 3. The van der Waals surface area contributed by atoms with Gasteiger partial charge in [0.25, 0.3) is 5.91 Å². The first-order valence-electron chi connectivity index (χ1n) is 7.01. The summed E-state index contributed by atoms with van der Waals surface area (Å²) in [5.74, 6) is -0.403. The Morgan fingerprint density at radius 3 is 2.59 bits per heavy atom. The van der Waals surface area contributed by atoms with Gasteiger partial charge in [-0.25, -0.2) is 9.59 Å². The van der Waals surface area contributed by atoms with Crippen LogP contribution in [0.15, 0.2) is 24.3 Å². The van der Waals surface area contributed by atoms with Gasteiger partial charge in [0.2, 0.25) is 0 Å². The minimum atomic E-state index is -0.730. The van der Waals surface area contributed by atoms with Crippen LogP contribution in [0.2, 0.25) is 0 Å². The van der Waals surface area contributed by atoms with Crippen LogP contribution in [0.25, 0.3) is 0 Å². The number of imide groups is 1. The van der Waals surface area contributed by atoms with Crippen molar-refractivity contribution in [1.82, 2.24) is 16.0 Å². The number of urea groups is 2. The van der Waals surface area contributed by atoms with E-state index in [1.54, 1.807) is 24.3 Å². The van der Waals surface area contributed by atoms with Gasteiger partial charge in [-0.2, -0.15) is 0 Å². The number of carbonyl (C=O) groups excluding carboxylic acids is 3. The molecule has 5 amide bonds. The molecular formula is C15H20N4O3. The van der Waals surface area contributed by atoms with Crippen molar-refractivity contribution in [2.75, 3.05) is 11.9 Å². The average molecular weight is 304 g/mol. The van der Waals surface area contributed by atoms with Gasteiger partial charge in [0.05, 0.1) is 0 Å². The van der Waals surface area contributed by atoms with E-state index in [-0.39, 0.29) is 11.4 Å². The van der Waals surface area contributed by atoms with Crippen LogP contribution in [-0.2, 0) is 4.79 Å². The monoisotopic (exact) mass is 304 g/mol. The highest BCUT2D eigenvalue weighted by molar-refractivity contribution is 6.04. The summed E-state index contributed by atoms with van der Waals surface area (Å²) < 4.78 is 0. The zero-order valence-electron chi connectivity index (χ0n) is 12.8. The van der Waals surface area contributed by atoms with Crippen molar-refractivity contribution in [3.05, 3.63) is 29.8 Å². The van der Waals surface area contributed by atoms with Crippen LogP contribution in [0.5, 0.6) is 0 Å². The number of hydrogen-bond donors (Lipinski definition) is 4. The molecule has 2 rings (SSSR count). The van der Waals surface area contributed by atoms with Crippen molar-refractivity contribution in [3.63, 3.8) is 0 Å². The number of nitrogens with one attached hydrogen (secondary N) is 4. The lowest BCUT2D eigenvalue weighted by Crippen LogP contribution is -2.35. The molecule has 1 aliphatic heterocycles. The summed E-state index contributed by atoms with van der Waals surface area (Å²) in [5, 5.41) is 10.2. The molecule has 118 valence electrons. The first-order valence-corrected chi connectivity index (χ1v) is 7.01. The standard InChI is InChI=1S/C15H20N4O3/c1-15(2,3)8-16-13(21)17-10-6-4-5-9(7-10)11-12(20)19-14(22)18-11/h4-7,11H,8H2,1-3H3,(H2,16,17,21)(H2,18,19,20,22). The van der Waals surface area contributed by atoms with Gasteiger partial charge in [0, 0.05) is 12.2 Å². The van der Waals surface area contributed by atoms with Crippen molar-refractivity contribution in [3.8, 4) is 0 Å². The molecule has 0 radical (unpaired) electrons. The van der Waals surface area contributed by atoms with Gasteiger partial charge in [-0.15, -0.1) is 0 Å². The molecule has 1 aromatic carbocycles. The highest BCUT2D eigenvalue weighted by atomic mass is 16.2. The normalized spacial score (nSPS) is 17.7. The van der Waals surface area contributed by atoms with E-state index < -0.39 is 18.0 Å². The Morgan fingerprint density at radius 1 is 1.27 bits per heavy atom. The first kappa shape index (κ1) is 15.8. The molecular weight excluding hydrogens is 284 g/mol. The second-order valence-corrected chi connectivity index (χ2v) is 6.39. The van der Waals surface area contributed by atoms with Gasteiger partial charge < -0.3 is 16.0 Å². The molecule has 0 aliphatic carbocycles. The molecule has 7 heteroatoms. The van der Waals surface area contributed by atoms with E-state index in [2.05, 4.69) is 21.3 Å². The van der Waals surface area contributed by atoms with Gasteiger partial charge in [-0.05, 0) is 23.1 Å². The van der Waals surface area contributed by atoms with Gasteiger partial charge in [-0.3, -0.25) is 10.1 Å².